The van der Waals surface area contributed by atoms with Crippen LogP contribution in [0.15, 0.2) is 34.7 Å². The molecule has 0 unspecified atom stereocenters. The van der Waals surface area contributed by atoms with Gasteiger partial charge in [0.2, 0.25) is 17.8 Å². The average Bonchev–Trinajstić information content (AvgIpc) is 2.85. The van der Waals surface area contributed by atoms with Crippen molar-refractivity contribution in [1.82, 2.24) is 0 Å². The minimum absolute atomic E-state index is 0. The smallest absolute Gasteiger partial charge is 0.402 e. The standard InChI is InChI=1S/C23H24O12.ClH/c1-31-14-3-9(4-15(32-2)18(14)27)22-16(7-11-12(26)5-10(25)6-13(11)33-22)34-23-21(30)20(29)19(28)17(8-24)35-23;/h3-7,17,19-21,23-24,28-30H,8H2,1-2H3,(H2-,25,26,27);1H/t17-,19+,20+,21-,23-;/m1./s1/i1D3,2D3;. The van der Waals surface area contributed by atoms with E-state index in [1.807, 2.05) is 0 Å². The predicted octanol–water partition coefficient (Wildman–Crippen LogP) is -2.30. The molecule has 1 aromatic heterocycles. The van der Waals surface area contributed by atoms with E-state index in [-0.39, 0.29) is 40.4 Å². The lowest BCUT2D eigenvalue weighted by atomic mass is 9.99. The van der Waals surface area contributed by atoms with Crippen LogP contribution in [0.3, 0.4) is 0 Å². The molecule has 1 fully saturated rings. The molecular weight excluding hydrogens is 504 g/mol. The first-order chi connectivity index (χ1) is 19.0. The van der Waals surface area contributed by atoms with Crippen LogP contribution in [-0.2, 0) is 4.74 Å². The summed E-state index contributed by atoms with van der Waals surface area (Å²) in [4.78, 5) is 0. The highest BCUT2D eigenvalue weighted by Crippen LogP contribution is 2.45. The molecule has 196 valence electrons. The second-order valence-electron chi connectivity index (χ2n) is 7.66. The Labute approximate surface area is 218 Å². The number of phenols is 3. The van der Waals surface area contributed by atoms with E-state index in [9.17, 15) is 35.7 Å². The van der Waals surface area contributed by atoms with Gasteiger partial charge in [-0.3, -0.25) is 0 Å². The largest absolute Gasteiger partial charge is 1.00 e. The van der Waals surface area contributed by atoms with Crippen molar-refractivity contribution >= 4 is 11.0 Å². The van der Waals surface area contributed by atoms with Gasteiger partial charge in [-0.1, -0.05) is 0 Å². The highest BCUT2D eigenvalue weighted by molar-refractivity contribution is 5.88. The van der Waals surface area contributed by atoms with Crippen molar-refractivity contribution in [1.29, 1.82) is 0 Å². The lowest BCUT2D eigenvalue weighted by Crippen LogP contribution is -3.00. The zero-order chi connectivity index (χ0) is 30.4. The van der Waals surface area contributed by atoms with Crippen molar-refractivity contribution in [2.75, 3.05) is 20.7 Å². The SMILES string of the molecule is [2H]C([2H])([2H])Oc1cc(-c2[o+]c3cc(O)cc(O)c3cc2O[C@@H]2O[C@H](CO)[C@H](O)[C@H](O)[C@H]2O)cc(OC([2H])([2H])[2H])c1O.[Cl-]. The lowest BCUT2D eigenvalue weighted by Gasteiger charge is -2.39. The molecule has 3 aromatic rings. The van der Waals surface area contributed by atoms with Gasteiger partial charge in [-0.05, 0) is 0 Å². The third kappa shape index (κ3) is 4.87. The maximum absolute atomic E-state index is 10.5. The minimum Gasteiger partial charge on any atom is -1.00 e. The molecule has 0 spiro atoms. The maximum atomic E-state index is 10.5. The summed E-state index contributed by atoms with van der Waals surface area (Å²) in [5.74, 6) is -4.16. The van der Waals surface area contributed by atoms with Gasteiger partial charge in [0.05, 0.1) is 40.5 Å². The Bertz CT molecular complexity index is 1400. The van der Waals surface area contributed by atoms with Crippen LogP contribution in [0.25, 0.3) is 22.3 Å². The second-order valence-corrected chi connectivity index (χ2v) is 7.66. The molecule has 13 heteroatoms. The summed E-state index contributed by atoms with van der Waals surface area (Å²) >= 11 is 0. The number of aromatic hydroxyl groups is 3. The van der Waals surface area contributed by atoms with Crippen molar-refractivity contribution in [2.45, 2.75) is 30.7 Å². The number of fused-ring (bicyclic) bond motifs is 1. The molecule has 4 rings (SSSR count). The quantitative estimate of drug-likeness (QED) is 0.168. The maximum Gasteiger partial charge on any atom is 0.402 e. The lowest BCUT2D eigenvalue weighted by molar-refractivity contribution is -0.277. The van der Waals surface area contributed by atoms with Crippen molar-refractivity contribution in [2.24, 2.45) is 0 Å². The average molecular weight is 535 g/mol. The summed E-state index contributed by atoms with van der Waals surface area (Å²) < 4.78 is 70.9. The van der Waals surface area contributed by atoms with Crippen LogP contribution < -0.4 is 26.6 Å². The molecule has 1 aliphatic rings. The second kappa shape index (κ2) is 10.8. The Morgan fingerprint density at radius 2 is 1.58 bits per heavy atom. The Morgan fingerprint density at radius 3 is 2.19 bits per heavy atom. The number of aliphatic hydroxyl groups is 4. The fourth-order valence-corrected chi connectivity index (χ4v) is 3.63. The topological polar surface area (TPSA) is 190 Å². The number of ether oxygens (including phenoxy) is 4. The molecule has 5 atom stereocenters. The summed E-state index contributed by atoms with van der Waals surface area (Å²) in [6, 6.07) is 5.07. The van der Waals surface area contributed by atoms with Gasteiger partial charge >= 0.3 is 11.3 Å². The number of benzene rings is 2. The van der Waals surface area contributed by atoms with Crippen molar-refractivity contribution in [3.63, 3.8) is 0 Å². The fourth-order valence-electron chi connectivity index (χ4n) is 3.63. The molecule has 12 nitrogen and oxygen atoms in total. The number of hydrogen-bond donors (Lipinski definition) is 7. The van der Waals surface area contributed by atoms with E-state index in [1.165, 1.54) is 0 Å². The predicted molar refractivity (Wildman–Crippen MR) is 119 cm³/mol. The molecule has 2 heterocycles. The van der Waals surface area contributed by atoms with Crippen molar-refractivity contribution in [3.05, 3.63) is 30.3 Å². The molecule has 0 aliphatic carbocycles. The first-order valence-corrected chi connectivity index (χ1v) is 10.0. The third-order valence-corrected chi connectivity index (χ3v) is 5.43. The molecule has 36 heavy (non-hydrogen) atoms. The Morgan fingerprint density at radius 1 is 0.917 bits per heavy atom. The number of halogens is 1. The van der Waals surface area contributed by atoms with Gasteiger partial charge in [0.25, 0.3) is 0 Å². The van der Waals surface area contributed by atoms with E-state index < -0.39 is 80.1 Å². The van der Waals surface area contributed by atoms with Gasteiger partial charge in [0.1, 0.15) is 41.3 Å². The van der Waals surface area contributed by atoms with Gasteiger partial charge in [-0.25, -0.2) is 4.42 Å². The van der Waals surface area contributed by atoms with E-state index in [0.717, 1.165) is 30.3 Å². The van der Waals surface area contributed by atoms with E-state index >= 15 is 0 Å². The molecule has 1 saturated heterocycles. The van der Waals surface area contributed by atoms with Crippen molar-refractivity contribution < 1.29 is 79.7 Å². The first-order valence-electron chi connectivity index (χ1n) is 13.0. The number of hydrogen-bond acceptors (Lipinski definition) is 11. The van der Waals surface area contributed by atoms with Crippen LogP contribution in [0.5, 0.6) is 34.5 Å². The van der Waals surface area contributed by atoms with Crippen molar-refractivity contribution in [3.8, 4) is 45.8 Å². The van der Waals surface area contributed by atoms with Crippen LogP contribution >= 0.6 is 0 Å². The zero-order valence-electron chi connectivity index (χ0n) is 24.0. The molecule has 1 aliphatic heterocycles. The van der Waals surface area contributed by atoms with E-state index in [2.05, 4.69) is 0 Å². The van der Waals surface area contributed by atoms with E-state index in [4.69, 9.17) is 31.6 Å². The summed E-state index contributed by atoms with van der Waals surface area (Å²) in [7, 11) is -6.22. The minimum atomic E-state index is -3.11. The number of rotatable bonds is 6. The zero-order valence-corrected chi connectivity index (χ0v) is 18.8. The van der Waals surface area contributed by atoms with Crippen LogP contribution in [0, 0.1) is 0 Å². The Kier molecular flexibility index (Phi) is 5.95. The van der Waals surface area contributed by atoms with Gasteiger partial charge in [0, 0.05) is 24.3 Å². The third-order valence-electron chi connectivity index (χ3n) is 5.43. The van der Waals surface area contributed by atoms with Crippen LogP contribution in [-0.4, -0.2) is 87.1 Å². The van der Waals surface area contributed by atoms with Gasteiger partial charge in [-0.2, -0.15) is 0 Å². The highest BCUT2D eigenvalue weighted by Gasteiger charge is 2.45. The van der Waals surface area contributed by atoms with E-state index in [0.29, 0.717) is 0 Å². The van der Waals surface area contributed by atoms with Crippen LogP contribution in [0.4, 0.5) is 0 Å². The highest BCUT2D eigenvalue weighted by atomic mass is 35.5. The number of aliphatic hydroxyl groups excluding tert-OH is 4. The molecule has 0 bridgehead atoms. The molecule has 7 N–H and O–H groups in total. The Balaban J connectivity index is 0.00000484. The normalized spacial score (nSPS) is 26.8. The van der Waals surface area contributed by atoms with Gasteiger partial charge < -0.3 is 67.1 Å². The fraction of sp³-hybridized carbons (Fsp3) is 0.348. The summed E-state index contributed by atoms with van der Waals surface area (Å²) in [6.45, 7) is -0.774. The number of phenolic OH excluding ortho intramolecular Hbond substituents is 3. The summed E-state index contributed by atoms with van der Waals surface area (Å²) in [6.07, 6.45) is -8.54. The Hall–Kier alpha value is -3.26. The molecule has 0 saturated carbocycles. The van der Waals surface area contributed by atoms with E-state index in [1.54, 1.807) is 0 Å². The summed E-state index contributed by atoms with van der Waals surface area (Å²) in [5.41, 5.74) is -0.395. The molecule has 2 aromatic carbocycles. The van der Waals surface area contributed by atoms with Gasteiger partial charge in [-0.15, -0.1) is 0 Å². The molecule has 0 radical (unpaired) electrons. The molecule has 0 amide bonds. The monoisotopic (exact) mass is 534 g/mol. The van der Waals surface area contributed by atoms with Gasteiger partial charge in [0.15, 0.2) is 11.5 Å². The summed E-state index contributed by atoms with van der Waals surface area (Å²) in [5, 5.41) is 71.0. The van der Waals surface area contributed by atoms with Crippen LogP contribution in [0.1, 0.15) is 8.22 Å². The van der Waals surface area contributed by atoms with Crippen LogP contribution in [0.2, 0.25) is 0 Å². The first kappa shape index (κ1) is 19.9. The molecular formula is C23H25ClO12. The number of methoxy groups -OCH3 is 2.